The number of rotatable bonds is 2. The van der Waals surface area contributed by atoms with E-state index in [4.69, 9.17) is 0 Å². The summed E-state index contributed by atoms with van der Waals surface area (Å²) >= 11 is 0. The maximum absolute atomic E-state index is 12.0. The Balaban J connectivity index is 2.54. The minimum Gasteiger partial charge on any atom is -0.393 e. The third-order valence-corrected chi connectivity index (χ3v) is 3.21. The topological polar surface area (TPSA) is 40.5 Å². The van der Waals surface area contributed by atoms with E-state index in [1.54, 1.807) is 0 Å². The van der Waals surface area contributed by atoms with Crippen molar-refractivity contribution in [3.8, 4) is 0 Å². The quantitative estimate of drug-likeness (QED) is 0.730. The maximum atomic E-state index is 12.0. The van der Waals surface area contributed by atoms with Crippen LogP contribution in [0.4, 0.5) is 0 Å². The van der Waals surface area contributed by atoms with Crippen molar-refractivity contribution in [1.82, 2.24) is 4.90 Å². The first-order valence-electron chi connectivity index (χ1n) is 5.45. The maximum Gasteiger partial charge on any atom is 0.228 e. The summed E-state index contributed by atoms with van der Waals surface area (Å²) in [5, 5.41) is 9.33. The van der Waals surface area contributed by atoms with Crippen molar-refractivity contribution in [2.45, 2.75) is 46.1 Å². The monoisotopic (exact) mass is 199 g/mol. The molecule has 0 aromatic carbocycles. The molecule has 0 saturated carbocycles. The second-order valence-corrected chi connectivity index (χ2v) is 4.76. The van der Waals surface area contributed by atoms with Gasteiger partial charge in [0, 0.05) is 18.5 Å². The number of carbonyl (C=O) groups is 1. The molecule has 1 rings (SSSR count). The Morgan fingerprint density at radius 2 is 1.93 bits per heavy atom. The van der Waals surface area contributed by atoms with Gasteiger partial charge in [-0.05, 0) is 19.3 Å². The van der Waals surface area contributed by atoms with Crippen molar-refractivity contribution >= 4 is 5.91 Å². The van der Waals surface area contributed by atoms with Gasteiger partial charge in [-0.1, -0.05) is 20.8 Å². The lowest BCUT2D eigenvalue weighted by atomic mass is 9.88. The fraction of sp³-hybridized carbons (Fsp3) is 0.909. The second-order valence-electron chi connectivity index (χ2n) is 4.76. The van der Waals surface area contributed by atoms with Crippen LogP contribution >= 0.6 is 0 Å². The summed E-state index contributed by atoms with van der Waals surface area (Å²) in [5.74, 6) is 0.229. The Kier molecular flexibility index (Phi) is 3.53. The van der Waals surface area contributed by atoms with Gasteiger partial charge in [0.25, 0.3) is 0 Å². The van der Waals surface area contributed by atoms with Gasteiger partial charge < -0.3 is 10.0 Å². The highest BCUT2D eigenvalue weighted by molar-refractivity contribution is 5.81. The van der Waals surface area contributed by atoms with E-state index >= 15 is 0 Å². The Morgan fingerprint density at radius 3 is 2.36 bits per heavy atom. The van der Waals surface area contributed by atoms with E-state index < -0.39 is 0 Å². The summed E-state index contributed by atoms with van der Waals surface area (Å²) < 4.78 is 0. The van der Waals surface area contributed by atoms with Gasteiger partial charge in [-0.25, -0.2) is 0 Å². The molecule has 1 heterocycles. The smallest absolute Gasteiger partial charge is 0.228 e. The minimum atomic E-state index is -0.248. The Morgan fingerprint density at radius 1 is 1.43 bits per heavy atom. The molecule has 0 aromatic heterocycles. The molecular formula is C11H21NO2. The summed E-state index contributed by atoms with van der Waals surface area (Å²) in [4.78, 5) is 13.9. The van der Waals surface area contributed by atoms with Crippen LogP contribution in [0.15, 0.2) is 0 Å². The molecule has 1 N–H and O–H groups in total. The number of aliphatic hydroxyl groups is 1. The lowest BCUT2D eigenvalue weighted by Gasteiger charge is -2.35. The zero-order chi connectivity index (χ0) is 10.8. The molecule has 0 spiro atoms. The molecule has 0 unspecified atom stereocenters. The number of amides is 1. The molecule has 3 nitrogen and oxygen atoms in total. The van der Waals surface area contributed by atoms with E-state index in [-0.39, 0.29) is 17.4 Å². The van der Waals surface area contributed by atoms with E-state index in [0.717, 1.165) is 19.3 Å². The first-order valence-corrected chi connectivity index (χ1v) is 5.45. The van der Waals surface area contributed by atoms with Crippen LogP contribution in [0.1, 0.15) is 40.0 Å². The number of aliphatic hydroxyl groups excluding tert-OH is 1. The third kappa shape index (κ3) is 2.47. The Hall–Kier alpha value is -0.570. The van der Waals surface area contributed by atoms with Crippen molar-refractivity contribution in [2.24, 2.45) is 5.41 Å². The predicted octanol–water partition coefficient (Wildman–Crippen LogP) is 1.41. The fourth-order valence-electron chi connectivity index (χ4n) is 1.65. The average Bonchev–Trinajstić information content (AvgIpc) is 2.18. The zero-order valence-corrected chi connectivity index (χ0v) is 9.42. The first kappa shape index (κ1) is 11.5. The fourth-order valence-corrected chi connectivity index (χ4v) is 1.65. The lowest BCUT2D eigenvalue weighted by Crippen LogP contribution is -2.45. The molecule has 1 aliphatic rings. The summed E-state index contributed by atoms with van der Waals surface area (Å²) in [6.07, 6.45) is 2.12. The molecule has 0 radical (unpaired) electrons. The van der Waals surface area contributed by atoms with Crippen molar-refractivity contribution in [3.63, 3.8) is 0 Å². The van der Waals surface area contributed by atoms with Gasteiger partial charge in [0.05, 0.1) is 6.10 Å². The summed E-state index contributed by atoms with van der Waals surface area (Å²) in [6.45, 7) is 7.43. The highest BCUT2D eigenvalue weighted by Crippen LogP contribution is 2.24. The van der Waals surface area contributed by atoms with E-state index in [2.05, 4.69) is 0 Å². The van der Waals surface area contributed by atoms with Crippen molar-refractivity contribution in [2.75, 3.05) is 13.1 Å². The van der Waals surface area contributed by atoms with Gasteiger partial charge in [-0.2, -0.15) is 0 Å². The normalized spacial score (nSPS) is 19.9. The van der Waals surface area contributed by atoms with Gasteiger partial charge in [0.1, 0.15) is 0 Å². The van der Waals surface area contributed by atoms with E-state index in [0.29, 0.717) is 13.1 Å². The van der Waals surface area contributed by atoms with Gasteiger partial charge in [-0.3, -0.25) is 4.79 Å². The van der Waals surface area contributed by atoms with E-state index in [1.807, 2.05) is 25.7 Å². The van der Waals surface area contributed by atoms with Crippen molar-refractivity contribution < 1.29 is 9.90 Å². The van der Waals surface area contributed by atoms with E-state index in [1.165, 1.54) is 0 Å². The van der Waals surface area contributed by atoms with Gasteiger partial charge in [0.15, 0.2) is 0 Å². The van der Waals surface area contributed by atoms with Crippen LogP contribution in [0.5, 0.6) is 0 Å². The summed E-state index contributed by atoms with van der Waals surface area (Å²) in [6, 6.07) is 0. The van der Waals surface area contributed by atoms with Crippen LogP contribution in [-0.2, 0) is 4.79 Å². The van der Waals surface area contributed by atoms with Crippen LogP contribution in [0, 0.1) is 5.41 Å². The molecule has 0 bridgehead atoms. The van der Waals surface area contributed by atoms with Gasteiger partial charge in [-0.15, -0.1) is 0 Å². The molecule has 1 saturated heterocycles. The van der Waals surface area contributed by atoms with Crippen LogP contribution in [0.2, 0.25) is 0 Å². The molecule has 0 atom stereocenters. The number of nitrogens with zero attached hydrogens (tertiary/aromatic N) is 1. The molecule has 1 fully saturated rings. The van der Waals surface area contributed by atoms with Crippen LogP contribution < -0.4 is 0 Å². The number of piperidine rings is 1. The number of hydrogen-bond donors (Lipinski definition) is 1. The van der Waals surface area contributed by atoms with Crippen LogP contribution in [0.25, 0.3) is 0 Å². The first-order chi connectivity index (χ1) is 6.47. The molecule has 1 amide bonds. The largest absolute Gasteiger partial charge is 0.393 e. The average molecular weight is 199 g/mol. The highest BCUT2D eigenvalue weighted by atomic mass is 16.3. The standard InChI is InChI=1S/C11H21NO2/c1-4-11(2,3)10(14)12-7-5-9(13)6-8-12/h9,13H,4-8H2,1-3H3. The third-order valence-electron chi connectivity index (χ3n) is 3.21. The van der Waals surface area contributed by atoms with E-state index in [9.17, 15) is 9.90 Å². The molecule has 14 heavy (non-hydrogen) atoms. The molecular weight excluding hydrogens is 178 g/mol. The molecule has 3 heteroatoms. The highest BCUT2D eigenvalue weighted by Gasteiger charge is 2.31. The van der Waals surface area contributed by atoms with Gasteiger partial charge in [0.2, 0.25) is 5.91 Å². The molecule has 1 aliphatic heterocycles. The SMILES string of the molecule is CCC(C)(C)C(=O)N1CCC(O)CC1. The Labute approximate surface area is 86.1 Å². The Bertz CT molecular complexity index is 205. The number of likely N-dealkylation sites (tertiary alicyclic amines) is 1. The summed E-state index contributed by atoms with van der Waals surface area (Å²) in [7, 11) is 0. The summed E-state index contributed by atoms with van der Waals surface area (Å²) in [5.41, 5.74) is -0.248. The predicted molar refractivity (Wildman–Crippen MR) is 55.9 cm³/mol. The van der Waals surface area contributed by atoms with Crippen LogP contribution in [-0.4, -0.2) is 35.1 Å². The number of carbonyl (C=O) groups excluding carboxylic acids is 1. The molecule has 0 aromatic rings. The van der Waals surface area contributed by atoms with Crippen molar-refractivity contribution in [1.29, 1.82) is 0 Å². The molecule has 0 aliphatic carbocycles. The molecule has 82 valence electrons. The van der Waals surface area contributed by atoms with Crippen molar-refractivity contribution in [3.05, 3.63) is 0 Å². The second kappa shape index (κ2) is 4.30. The lowest BCUT2D eigenvalue weighted by molar-refractivity contribution is -0.142. The minimum absolute atomic E-state index is 0.205. The zero-order valence-electron chi connectivity index (χ0n) is 9.42. The van der Waals surface area contributed by atoms with Crippen LogP contribution in [0.3, 0.4) is 0 Å². The number of hydrogen-bond acceptors (Lipinski definition) is 2. The van der Waals surface area contributed by atoms with Gasteiger partial charge >= 0.3 is 0 Å².